The number of amides is 4. The average Bonchev–Trinajstić information content (AvgIpc) is 2.42. The molecule has 1 aliphatic heterocycles. The van der Waals surface area contributed by atoms with Crippen molar-refractivity contribution < 1.29 is 14.4 Å². The van der Waals surface area contributed by atoms with Gasteiger partial charge in [0.15, 0.2) is 0 Å². The van der Waals surface area contributed by atoms with Crippen LogP contribution in [0.15, 0.2) is 22.7 Å². The van der Waals surface area contributed by atoms with Gasteiger partial charge in [-0.3, -0.25) is 14.9 Å². The second-order valence-electron chi connectivity index (χ2n) is 4.78. The third kappa shape index (κ3) is 2.46. The Bertz CT molecular complexity index is 629. The maximum Gasteiger partial charge on any atom is 0.335 e. The van der Waals surface area contributed by atoms with Crippen LogP contribution < -0.4 is 10.2 Å². The molecule has 0 aromatic heterocycles. The number of hydrogen-bond acceptors (Lipinski definition) is 3. The second-order valence-corrected chi connectivity index (χ2v) is 6.11. The van der Waals surface area contributed by atoms with E-state index in [-0.39, 0.29) is 10.7 Å². The fraction of sp³-hybridized carbons (Fsp3) is 0.357. The Morgan fingerprint density at radius 2 is 1.86 bits per heavy atom. The van der Waals surface area contributed by atoms with Gasteiger partial charge < -0.3 is 0 Å². The van der Waals surface area contributed by atoms with Crippen molar-refractivity contribution in [2.24, 2.45) is 5.41 Å². The van der Waals surface area contributed by atoms with Crippen molar-refractivity contribution in [1.82, 2.24) is 5.32 Å². The van der Waals surface area contributed by atoms with E-state index in [0.29, 0.717) is 12.8 Å². The Labute approximate surface area is 135 Å². The van der Waals surface area contributed by atoms with Crippen LogP contribution in [0, 0.1) is 5.41 Å². The maximum atomic E-state index is 12.7. The van der Waals surface area contributed by atoms with E-state index < -0.39 is 23.3 Å². The number of rotatable bonds is 3. The number of benzene rings is 1. The molecule has 5 nitrogen and oxygen atoms in total. The van der Waals surface area contributed by atoms with Gasteiger partial charge in [0.2, 0.25) is 5.91 Å². The molecule has 1 aromatic rings. The third-order valence-corrected chi connectivity index (χ3v) is 4.62. The summed E-state index contributed by atoms with van der Waals surface area (Å²) in [6, 6.07) is 4.06. The number of urea groups is 1. The molecule has 1 saturated heterocycles. The number of barbiturate groups is 1. The molecule has 1 aliphatic rings. The Hall–Kier alpha value is -1.40. The molecular weight excluding hydrogens is 360 g/mol. The van der Waals surface area contributed by atoms with E-state index in [1.165, 1.54) is 0 Å². The lowest BCUT2D eigenvalue weighted by molar-refractivity contribution is -0.143. The zero-order valence-electron chi connectivity index (χ0n) is 11.6. The van der Waals surface area contributed by atoms with Crippen molar-refractivity contribution in [2.45, 2.75) is 26.7 Å². The number of nitrogens with one attached hydrogen (secondary N) is 1. The predicted molar refractivity (Wildman–Crippen MR) is 83.2 cm³/mol. The first-order chi connectivity index (χ1) is 9.87. The summed E-state index contributed by atoms with van der Waals surface area (Å²) in [5.41, 5.74) is -0.967. The van der Waals surface area contributed by atoms with E-state index in [2.05, 4.69) is 21.2 Å². The fourth-order valence-electron chi connectivity index (χ4n) is 2.43. The van der Waals surface area contributed by atoms with E-state index in [9.17, 15) is 14.4 Å². The predicted octanol–water partition coefficient (Wildman–Crippen LogP) is 3.49. The maximum absolute atomic E-state index is 12.7. The summed E-state index contributed by atoms with van der Waals surface area (Å²) in [6.07, 6.45) is 0.623. The van der Waals surface area contributed by atoms with Gasteiger partial charge in [-0.05, 0) is 31.0 Å². The van der Waals surface area contributed by atoms with Crippen molar-refractivity contribution in [3.63, 3.8) is 0 Å². The minimum atomic E-state index is -1.23. The summed E-state index contributed by atoms with van der Waals surface area (Å²) < 4.78 is 0.731. The molecule has 1 aromatic carbocycles. The van der Waals surface area contributed by atoms with Gasteiger partial charge in [-0.15, -0.1) is 0 Å². The molecule has 0 spiro atoms. The van der Waals surface area contributed by atoms with Crippen LogP contribution in [0.4, 0.5) is 10.5 Å². The molecule has 1 N–H and O–H groups in total. The summed E-state index contributed by atoms with van der Waals surface area (Å²) in [6.45, 7) is 3.50. The van der Waals surface area contributed by atoms with E-state index in [1.54, 1.807) is 32.0 Å². The first-order valence-corrected chi connectivity index (χ1v) is 7.69. The molecule has 112 valence electrons. The molecule has 21 heavy (non-hydrogen) atoms. The molecule has 0 saturated carbocycles. The molecule has 1 fully saturated rings. The van der Waals surface area contributed by atoms with Crippen LogP contribution in [0.2, 0.25) is 5.02 Å². The second kappa shape index (κ2) is 5.77. The third-order valence-electron chi connectivity index (χ3n) is 3.83. The zero-order chi connectivity index (χ0) is 15.8. The lowest BCUT2D eigenvalue weighted by atomic mass is 9.78. The minimum absolute atomic E-state index is 0.253. The normalized spacial score (nSPS) is 17.9. The molecule has 1 heterocycles. The number of nitrogens with zero attached hydrogens (tertiary/aromatic N) is 1. The molecule has 0 bridgehead atoms. The van der Waals surface area contributed by atoms with Crippen LogP contribution in [-0.2, 0) is 9.59 Å². The van der Waals surface area contributed by atoms with Gasteiger partial charge in [-0.25, -0.2) is 9.69 Å². The van der Waals surface area contributed by atoms with E-state index in [1.807, 2.05) is 0 Å². The van der Waals surface area contributed by atoms with Crippen LogP contribution >= 0.6 is 27.5 Å². The van der Waals surface area contributed by atoms with Crippen LogP contribution in [-0.4, -0.2) is 17.8 Å². The molecule has 4 amide bonds. The molecule has 0 aliphatic carbocycles. The summed E-state index contributed by atoms with van der Waals surface area (Å²) in [7, 11) is 0. The number of halogens is 2. The average molecular weight is 374 g/mol. The molecule has 0 radical (unpaired) electrons. The van der Waals surface area contributed by atoms with Gasteiger partial charge in [0, 0.05) is 4.47 Å². The Morgan fingerprint density at radius 1 is 1.24 bits per heavy atom. The summed E-state index contributed by atoms with van der Waals surface area (Å²) in [4.78, 5) is 37.9. The topological polar surface area (TPSA) is 66.5 Å². The summed E-state index contributed by atoms with van der Waals surface area (Å²) in [5, 5.41) is 2.50. The van der Waals surface area contributed by atoms with Crippen molar-refractivity contribution in [1.29, 1.82) is 0 Å². The largest absolute Gasteiger partial charge is 0.335 e. The van der Waals surface area contributed by atoms with Gasteiger partial charge in [0.1, 0.15) is 5.41 Å². The number of anilines is 1. The van der Waals surface area contributed by atoms with E-state index in [4.69, 9.17) is 11.6 Å². The van der Waals surface area contributed by atoms with E-state index in [0.717, 1.165) is 9.37 Å². The highest BCUT2D eigenvalue weighted by molar-refractivity contribution is 9.10. The Balaban J connectivity index is 2.54. The van der Waals surface area contributed by atoms with Crippen LogP contribution in [0.3, 0.4) is 0 Å². The summed E-state index contributed by atoms with van der Waals surface area (Å²) >= 11 is 9.39. The summed E-state index contributed by atoms with van der Waals surface area (Å²) in [5.74, 6) is -1.09. The van der Waals surface area contributed by atoms with Crippen LogP contribution in [0.25, 0.3) is 0 Å². The van der Waals surface area contributed by atoms with Gasteiger partial charge in [-0.1, -0.05) is 41.4 Å². The molecule has 7 heteroatoms. The lowest BCUT2D eigenvalue weighted by Crippen LogP contribution is -2.64. The molecule has 2 rings (SSSR count). The highest BCUT2D eigenvalue weighted by Crippen LogP contribution is 2.37. The highest BCUT2D eigenvalue weighted by Gasteiger charge is 2.52. The van der Waals surface area contributed by atoms with Gasteiger partial charge in [0.05, 0.1) is 10.7 Å². The lowest BCUT2D eigenvalue weighted by Gasteiger charge is -2.38. The number of carbonyl (C=O) groups excluding carboxylic acids is 3. The standard InChI is InChI=1S/C14H14BrClN2O3/c1-3-14(4-2)11(19)17-13(21)18(12(14)20)10-6-5-8(15)7-9(10)16/h5-7H,3-4H2,1-2H3,(H,17,19,21). The van der Waals surface area contributed by atoms with Crippen molar-refractivity contribution in [3.8, 4) is 0 Å². The van der Waals surface area contributed by atoms with Gasteiger partial charge in [0.25, 0.3) is 5.91 Å². The van der Waals surface area contributed by atoms with Crippen LogP contribution in [0.1, 0.15) is 26.7 Å². The van der Waals surface area contributed by atoms with Gasteiger partial charge >= 0.3 is 6.03 Å². The first-order valence-electron chi connectivity index (χ1n) is 6.52. The fourth-order valence-corrected chi connectivity index (χ4v) is 3.19. The first kappa shape index (κ1) is 16.0. The van der Waals surface area contributed by atoms with Gasteiger partial charge in [-0.2, -0.15) is 0 Å². The molecule has 0 atom stereocenters. The SMILES string of the molecule is CCC1(CC)C(=O)NC(=O)N(c2ccc(Br)cc2Cl)C1=O. The number of imide groups is 2. The number of carbonyl (C=O) groups is 3. The van der Waals surface area contributed by atoms with Crippen molar-refractivity contribution in [3.05, 3.63) is 27.7 Å². The van der Waals surface area contributed by atoms with E-state index >= 15 is 0 Å². The number of hydrogen-bond donors (Lipinski definition) is 1. The highest BCUT2D eigenvalue weighted by atomic mass is 79.9. The van der Waals surface area contributed by atoms with Crippen molar-refractivity contribution in [2.75, 3.05) is 4.90 Å². The quantitative estimate of drug-likeness (QED) is 0.825. The monoisotopic (exact) mass is 372 g/mol. The smallest absolute Gasteiger partial charge is 0.276 e. The Kier molecular flexibility index (Phi) is 4.39. The van der Waals surface area contributed by atoms with Crippen LogP contribution in [0.5, 0.6) is 0 Å². The zero-order valence-corrected chi connectivity index (χ0v) is 13.9. The minimum Gasteiger partial charge on any atom is -0.276 e. The Morgan fingerprint density at radius 3 is 2.38 bits per heavy atom. The molecular formula is C14H14BrClN2O3. The molecule has 0 unspecified atom stereocenters. The van der Waals surface area contributed by atoms with Crippen molar-refractivity contribution >= 4 is 51.1 Å².